The lowest BCUT2D eigenvalue weighted by atomic mass is 9.80. The monoisotopic (exact) mass is 507 g/mol. The highest BCUT2D eigenvalue weighted by Crippen LogP contribution is 2.47. The highest BCUT2D eigenvalue weighted by molar-refractivity contribution is 5.95. The molecule has 190 valence electrons. The Morgan fingerprint density at radius 2 is 1.23 bits per heavy atom. The minimum atomic E-state index is -0.427. The van der Waals surface area contributed by atoms with E-state index in [1.54, 1.807) is 6.07 Å². The van der Waals surface area contributed by atoms with Gasteiger partial charge in [-0.25, -0.2) is 4.98 Å². The number of phenolic OH excluding ortho intramolecular Hbond substituents is 1. The van der Waals surface area contributed by atoms with E-state index in [1.165, 1.54) is 0 Å². The molecule has 0 amide bonds. The van der Waals surface area contributed by atoms with Crippen LogP contribution in [0.15, 0.2) is 128 Å². The van der Waals surface area contributed by atoms with E-state index in [9.17, 15) is 5.11 Å². The van der Waals surface area contributed by atoms with E-state index in [2.05, 4.69) is 73.4 Å². The summed E-state index contributed by atoms with van der Waals surface area (Å²) in [5, 5.41) is 10.5. The van der Waals surface area contributed by atoms with Crippen molar-refractivity contribution in [3.8, 4) is 50.6 Å². The number of phenols is 1. The maximum Gasteiger partial charge on any atom is 0.124 e. The summed E-state index contributed by atoms with van der Waals surface area (Å²) < 4.78 is 0. The predicted octanol–water partition coefficient (Wildman–Crippen LogP) is 8.50. The molecule has 3 aromatic heterocycles. The molecule has 4 heteroatoms. The maximum absolute atomic E-state index is 10.5. The number of aromatic nitrogens is 3. The van der Waals surface area contributed by atoms with E-state index in [0.29, 0.717) is 11.3 Å². The van der Waals surface area contributed by atoms with Crippen LogP contribution in [0, 0.1) is 0 Å². The Bertz CT molecular complexity index is 1720. The number of benzene rings is 3. The number of rotatable bonds is 6. The number of para-hydroxylation sites is 1. The van der Waals surface area contributed by atoms with E-state index >= 15 is 0 Å². The van der Waals surface area contributed by atoms with Gasteiger partial charge >= 0.3 is 0 Å². The molecule has 6 rings (SSSR count). The fourth-order valence-corrected chi connectivity index (χ4v) is 5.22. The van der Waals surface area contributed by atoms with Gasteiger partial charge in [0.2, 0.25) is 0 Å². The summed E-state index contributed by atoms with van der Waals surface area (Å²) in [6.45, 7) is 4.41. The van der Waals surface area contributed by atoms with Gasteiger partial charge in [0.25, 0.3) is 0 Å². The first-order valence-corrected chi connectivity index (χ1v) is 13.1. The number of hydrogen-bond acceptors (Lipinski definition) is 3. The van der Waals surface area contributed by atoms with Gasteiger partial charge in [-0.3, -0.25) is 4.98 Å². The fourth-order valence-electron chi connectivity index (χ4n) is 5.22. The van der Waals surface area contributed by atoms with Gasteiger partial charge in [0.15, 0.2) is 0 Å². The molecule has 0 fully saturated rings. The number of hydrogen-bond donors (Lipinski definition) is 2. The Morgan fingerprint density at radius 1 is 0.615 bits per heavy atom. The van der Waals surface area contributed by atoms with Gasteiger partial charge in [0.05, 0.1) is 22.8 Å². The second kappa shape index (κ2) is 10.1. The SMILES string of the molecule is CC(C)(c1ccccn1)c1[nH]c(-c2cccc(-c3ccccc3O)n2)c(-c2ccccc2)c1-c1ccccc1. The molecule has 0 spiro atoms. The number of aromatic hydroxyl groups is 1. The number of pyridine rings is 2. The van der Waals surface area contributed by atoms with Gasteiger partial charge < -0.3 is 10.1 Å². The van der Waals surface area contributed by atoms with Crippen molar-refractivity contribution in [2.45, 2.75) is 19.3 Å². The zero-order valence-electron chi connectivity index (χ0n) is 22.0. The van der Waals surface area contributed by atoms with E-state index in [1.807, 2.05) is 66.9 Å². The summed E-state index contributed by atoms with van der Waals surface area (Å²) >= 11 is 0. The van der Waals surface area contributed by atoms with Crippen LogP contribution in [-0.4, -0.2) is 20.1 Å². The second-order valence-electron chi connectivity index (χ2n) is 10.1. The molecule has 4 nitrogen and oxygen atoms in total. The number of nitrogens with zero attached hydrogens (tertiary/aromatic N) is 2. The van der Waals surface area contributed by atoms with Crippen LogP contribution >= 0.6 is 0 Å². The molecule has 0 aliphatic carbocycles. The maximum atomic E-state index is 10.5. The number of H-pyrrole nitrogens is 1. The third kappa shape index (κ3) is 4.51. The van der Waals surface area contributed by atoms with Crippen molar-refractivity contribution in [2.75, 3.05) is 0 Å². The minimum absolute atomic E-state index is 0.207. The van der Waals surface area contributed by atoms with Crippen LogP contribution < -0.4 is 0 Å². The molecule has 0 aliphatic rings. The first-order chi connectivity index (χ1) is 19.0. The molecule has 39 heavy (non-hydrogen) atoms. The molecule has 0 radical (unpaired) electrons. The molecule has 0 bridgehead atoms. The average molecular weight is 508 g/mol. The summed E-state index contributed by atoms with van der Waals surface area (Å²) in [4.78, 5) is 13.6. The standard InChI is InChI=1S/C35H29N3O/c1-35(2,30-22-11-12-23-36-30)34-32(25-16-7-4-8-17-25)31(24-14-5-3-6-15-24)33(38-34)28-20-13-19-27(37-28)26-18-9-10-21-29(26)39/h3-23,38-39H,1-2H3. The zero-order valence-corrected chi connectivity index (χ0v) is 22.0. The van der Waals surface area contributed by atoms with Crippen LogP contribution in [0.1, 0.15) is 25.2 Å². The van der Waals surface area contributed by atoms with Gasteiger partial charge in [-0.05, 0) is 61.4 Å². The first-order valence-electron chi connectivity index (χ1n) is 13.1. The second-order valence-corrected chi connectivity index (χ2v) is 10.1. The van der Waals surface area contributed by atoms with E-state index in [-0.39, 0.29) is 5.75 Å². The quantitative estimate of drug-likeness (QED) is 0.238. The van der Waals surface area contributed by atoms with Crippen LogP contribution in [0.5, 0.6) is 5.75 Å². The largest absolute Gasteiger partial charge is 0.507 e. The Labute approximate surface area is 228 Å². The van der Waals surface area contributed by atoms with E-state index in [4.69, 9.17) is 9.97 Å². The van der Waals surface area contributed by atoms with E-state index < -0.39 is 5.41 Å². The lowest BCUT2D eigenvalue weighted by Crippen LogP contribution is -2.22. The van der Waals surface area contributed by atoms with Gasteiger partial charge in [-0.1, -0.05) is 84.9 Å². The molecule has 3 heterocycles. The van der Waals surface area contributed by atoms with Gasteiger partial charge in [-0.15, -0.1) is 0 Å². The topological polar surface area (TPSA) is 61.8 Å². The Balaban J connectivity index is 1.67. The Hall–Kier alpha value is -4.96. The third-order valence-corrected chi connectivity index (χ3v) is 7.24. The zero-order chi connectivity index (χ0) is 26.8. The molecule has 0 saturated carbocycles. The number of aromatic amines is 1. The van der Waals surface area contributed by atoms with Gasteiger partial charge in [0.1, 0.15) is 5.75 Å². The van der Waals surface area contributed by atoms with Crippen molar-refractivity contribution < 1.29 is 5.11 Å². The summed E-state index contributed by atoms with van der Waals surface area (Å²) in [5.74, 6) is 0.207. The fraction of sp³-hybridized carbons (Fsp3) is 0.0857. The summed E-state index contributed by atoms with van der Waals surface area (Å²) in [7, 11) is 0. The van der Waals surface area contributed by atoms with Crippen molar-refractivity contribution >= 4 is 0 Å². The van der Waals surface area contributed by atoms with Gasteiger partial charge in [0, 0.05) is 34.0 Å². The highest BCUT2D eigenvalue weighted by atomic mass is 16.3. The van der Waals surface area contributed by atoms with Crippen LogP contribution in [0.3, 0.4) is 0 Å². The van der Waals surface area contributed by atoms with Crippen molar-refractivity contribution in [1.82, 2.24) is 15.0 Å². The lowest BCUT2D eigenvalue weighted by Gasteiger charge is -2.25. The molecular weight excluding hydrogens is 478 g/mol. The van der Waals surface area contributed by atoms with Crippen LogP contribution in [0.2, 0.25) is 0 Å². The third-order valence-electron chi connectivity index (χ3n) is 7.24. The average Bonchev–Trinajstić information content (AvgIpc) is 3.41. The normalized spacial score (nSPS) is 11.4. The van der Waals surface area contributed by atoms with Crippen molar-refractivity contribution in [3.05, 3.63) is 139 Å². The number of nitrogens with one attached hydrogen (secondary N) is 1. The van der Waals surface area contributed by atoms with Crippen LogP contribution in [0.4, 0.5) is 0 Å². The Kier molecular flexibility index (Phi) is 6.29. The van der Waals surface area contributed by atoms with Crippen molar-refractivity contribution in [1.29, 1.82) is 0 Å². The van der Waals surface area contributed by atoms with Gasteiger partial charge in [-0.2, -0.15) is 0 Å². The molecule has 0 atom stereocenters. The lowest BCUT2D eigenvalue weighted by molar-refractivity contribution is 0.477. The molecule has 0 saturated heterocycles. The first kappa shape index (κ1) is 24.4. The molecule has 2 N–H and O–H groups in total. The Morgan fingerprint density at radius 3 is 1.90 bits per heavy atom. The molecule has 0 unspecified atom stereocenters. The molecule has 0 aliphatic heterocycles. The molecule has 3 aromatic carbocycles. The summed E-state index contributed by atoms with van der Waals surface area (Å²) in [6, 6.07) is 40.3. The predicted molar refractivity (Wildman–Crippen MR) is 158 cm³/mol. The summed E-state index contributed by atoms with van der Waals surface area (Å²) in [5.41, 5.74) is 9.19. The minimum Gasteiger partial charge on any atom is -0.507 e. The molecule has 6 aromatic rings. The van der Waals surface area contributed by atoms with E-state index in [0.717, 1.165) is 45.0 Å². The highest BCUT2D eigenvalue weighted by Gasteiger charge is 2.33. The van der Waals surface area contributed by atoms with Crippen LogP contribution in [-0.2, 0) is 5.41 Å². The van der Waals surface area contributed by atoms with Crippen molar-refractivity contribution in [3.63, 3.8) is 0 Å². The van der Waals surface area contributed by atoms with Crippen molar-refractivity contribution in [2.24, 2.45) is 0 Å². The summed E-state index contributed by atoms with van der Waals surface area (Å²) in [6.07, 6.45) is 1.85. The smallest absolute Gasteiger partial charge is 0.124 e. The molecular formula is C35H29N3O. The van der Waals surface area contributed by atoms with Crippen LogP contribution in [0.25, 0.3) is 44.9 Å².